The standard InChI is InChI=1S/C10H14N2S/c1-3-8-6-9(12-10(11)13)5-4-7(8)2/h4-6H,3H2,1-2H3,(H3,11,12,13). The van der Waals surface area contributed by atoms with Crippen molar-refractivity contribution >= 4 is 23.0 Å². The summed E-state index contributed by atoms with van der Waals surface area (Å²) in [5.74, 6) is 0. The molecule has 1 aromatic rings. The van der Waals surface area contributed by atoms with E-state index in [0.29, 0.717) is 5.11 Å². The summed E-state index contributed by atoms with van der Waals surface area (Å²) in [4.78, 5) is 0. The Kier molecular flexibility index (Phi) is 3.25. The Morgan fingerprint density at radius 1 is 1.54 bits per heavy atom. The number of anilines is 1. The lowest BCUT2D eigenvalue weighted by Crippen LogP contribution is -2.18. The van der Waals surface area contributed by atoms with E-state index >= 15 is 0 Å². The van der Waals surface area contributed by atoms with Crippen LogP contribution in [0.3, 0.4) is 0 Å². The van der Waals surface area contributed by atoms with E-state index in [1.807, 2.05) is 6.07 Å². The molecule has 70 valence electrons. The van der Waals surface area contributed by atoms with Crippen molar-refractivity contribution in [2.45, 2.75) is 20.3 Å². The molecular weight excluding hydrogens is 180 g/mol. The molecule has 0 bridgehead atoms. The van der Waals surface area contributed by atoms with Crippen LogP contribution in [0, 0.1) is 6.92 Å². The zero-order valence-corrected chi connectivity index (χ0v) is 8.74. The van der Waals surface area contributed by atoms with Gasteiger partial charge in [0.05, 0.1) is 0 Å². The van der Waals surface area contributed by atoms with Crippen molar-refractivity contribution in [1.82, 2.24) is 0 Å². The van der Waals surface area contributed by atoms with Crippen molar-refractivity contribution in [2.75, 3.05) is 5.32 Å². The minimum atomic E-state index is 0.311. The Labute approximate surface area is 84.1 Å². The molecule has 0 atom stereocenters. The van der Waals surface area contributed by atoms with Gasteiger partial charge in [0.15, 0.2) is 5.11 Å². The Hall–Kier alpha value is -1.09. The van der Waals surface area contributed by atoms with Crippen molar-refractivity contribution in [3.8, 4) is 0 Å². The number of hydrogen-bond donors (Lipinski definition) is 2. The van der Waals surface area contributed by atoms with Crippen LogP contribution in [-0.2, 0) is 6.42 Å². The number of aryl methyl sites for hydroxylation is 2. The molecule has 0 aliphatic heterocycles. The average Bonchev–Trinajstić information content (AvgIpc) is 2.07. The molecule has 0 aliphatic carbocycles. The predicted octanol–water partition coefficient (Wildman–Crippen LogP) is 2.21. The van der Waals surface area contributed by atoms with Crippen molar-refractivity contribution in [2.24, 2.45) is 5.73 Å². The maximum Gasteiger partial charge on any atom is 0.168 e. The van der Waals surface area contributed by atoms with E-state index in [-0.39, 0.29) is 0 Å². The van der Waals surface area contributed by atoms with Gasteiger partial charge in [0, 0.05) is 5.69 Å². The molecule has 2 nitrogen and oxygen atoms in total. The van der Waals surface area contributed by atoms with Gasteiger partial charge in [0.2, 0.25) is 0 Å². The molecular formula is C10H14N2S. The van der Waals surface area contributed by atoms with E-state index < -0.39 is 0 Å². The van der Waals surface area contributed by atoms with Crippen LogP contribution in [0.15, 0.2) is 18.2 Å². The fourth-order valence-electron chi connectivity index (χ4n) is 1.27. The molecule has 0 saturated carbocycles. The highest BCUT2D eigenvalue weighted by Crippen LogP contribution is 2.15. The topological polar surface area (TPSA) is 38.0 Å². The lowest BCUT2D eigenvalue weighted by Gasteiger charge is -2.07. The van der Waals surface area contributed by atoms with Gasteiger partial charge in [0.1, 0.15) is 0 Å². The number of nitrogens with two attached hydrogens (primary N) is 1. The summed E-state index contributed by atoms with van der Waals surface area (Å²) >= 11 is 4.76. The van der Waals surface area contributed by atoms with Gasteiger partial charge in [-0.2, -0.15) is 0 Å². The summed E-state index contributed by atoms with van der Waals surface area (Å²) < 4.78 is 0. The quantitative estimate of drug-likeness (QED) is 0.709. The molecule has 0 fully saturated rings. The van der Waals surface area contributed by atoms with Gasteiger partial charge in [-0.1, -0.05) is 13.0 Å². The molecule has 1 rings (SSSR count). The lowest BCUT2D eigenvalue weighted by molar-refractivity contribution is 1.11. The van der Waals surface area contributed by atoms with Crippen LogP contribution in [0.4, 0.5) is 5.69 Å². The molecule has 0 aliphatic rings. The smallest absolute Gasteiger partial charge is 0.168 e. The van der Waals surface area contributed by atoms with Crippen molar-refractivity contribution < 1.29 is 0 Å². The number of nitrogens with one attached hydrogen (secondary N) is 1. The monoisotopic (exact) mass is 194 g/mol. The first-order chi connectivity index (χ1) is 6.13. The molecule has 1 aromatic carbocycles. The predicted molar refractivity (Wildman–Crippen MR) is 61.0 cm³/mol. The average molecular weight is 194 g/mol. The molecule has 0 aromatic heterocycles. The highest BCUT2D eigenvalue weighted by Gasteiger charge is 1.98. The summed E-state index contributed by atoms with van der Waals surface area (Å²) in [5, 5.41) is 3.23. The van der Waals surface area contributed by atoms with E-state index in [9.17, 15) is 0 Å². The molecule has 0 spiro atoms. The second kappa shape index (κ2) is 4.23. The second-order valence-corrected chi connectivity index (χ2v) is 3.42. The van der Waals surface area contributed by atoms with E-state index in [0.717, 1.165) is 12.1 Å². The first-order valence-electron chi connectivity index (χ1n) is 4.29. The van der Waals surface area contributed by atoms with Crippen LogP contribution in [0.25, 0.3) is 0 Å². The Morgan fingerprint density at radius 2 is 2.23 bits per heavy atom. The van der Waals surface area contributed by atoms with Gasteiger partial charge in [-0.25, -0.2) is 0 Å². The number of thiocarbonyl (C=S) groups is 1. The van der Waals surface area contributed by atoms with E-state index in [1.54, 1.807) is 0 Å². The number of benzene rings is 1. The Balaban J connectivity index is 2.92. The zero-order chi connectivity index (χ0) is 9.84. The van der Waals surface area contributed by atoms with Gasteiger partial charge in [-0.15, -0.1) is 0 Å². The van der Waals surface area contributed by atoms with Crippen LogP contribution in [0.2, 0.25) is 0 Å². The summed E-state index contributed by atoms with van der Waals surface area (Å²) in [6.45, 7) is 4.23. The first kappa shape index (κ1) is 9.99. The fourth-order valence-corrected chi connectivity index (χ4v) is 1.39. The highest BCUT2D eigenvalue weighted by atomic mass is 32.1. The number of hydrogen-bond acceptors (Lipinski definition) is 1. The molecule has 3 heteroatoms. The molecule has 0 unspecified atom stereocenters. The summed E-state index contributed by atoms with van der Waals surface area (Å²) in [6, 6.07) is 6.13. The minimum absolute atomic E-state index is 0.311. The third kappa shape index (κ3) is 2.70. The van der Waals surface area contributed by atoms with Crippen molar-refractivity contribution in [1.29, 1.82) is 0 Å². The summed E-state index contributed by atoms with van der Waals surface area (Å²) in [5.41, 5.74) is 8.96. The maximum absolute atomic E-state index is 5.37. The first-order valence-corrected chi connectivity index (χ1v) is 4.70. The summed E-state index contributed by atoms with van der Waals surface area (Å²) in [6.07, 6.45) is 1.03. The minimum Gasteiger partial charge on any atom is -0.376 e. The Morgan fingerprint density at radius 3 is 2.77 bits per heavy atom. The SMILES string of the molecule is CCc1cc(NC(N)=S)ccc1C. The molecule has 13 heavy (non-hydrogen) atoms. The van der Waals surface area contributed by atoms with Crippen LogP contribution < -0.4 is 11.1 Å². The molecule has 0 amide bonds. The van der Waals surface area contributed by atoms with Crippen LogP contribution in [0.5, 0.6) is 0 Å². The molecule has 0 saturated heterocycles. The fraction of sp³-hybridized carbons (Fsp3) is 0.300. The molecule has 0 heterocycles. The number of rotatable bonds is 2. The van der Waals surface area contributed by atoms with Crippen LogP contribution >= 0.6 is 12.2 Å². The van der Waals surface area contributed by atoms with Crippen molar-refractivity contribution in [3.05, 3.63) is 29.3 Å². The molecule has 0 radical (unpaired) electrons. The Bertz CT molecular complexity index is 321. The van der Waals surface area contributed by atoms with Gasteiger partial charge < -0.3 is 11.1 Å². The van der Waals surface area contributed by atoms with Gasteiger partial charge >= 0.3 is 0 Å². The summed E-state index contributed by atoms with van der Waals surface area (Å²) in [7, 11) is 0. The molecule has 3 N–H and O–H groups in total. The maximum atomic E-state index is 5.37. The van der Waals surface area contributed by atoms with Gasteiger partial charge in [-0.3, -0.25) is 0 Å². The third-order valence-electron chi connectivity index (χ3n) is 2.00. The third-order valence-corrected chi connectivity index (χ3v) is 2.10. The normalized spacial score (nSPS) is 9.69. The largest absolute Gasteiger partial charge is 0.376 e. The van der Waals surface area contributed by atoms with Crippen LogP contribution in [0.1, 0.15) is 18.1 Å². The van der Waals surface area contributed by atoms with Gasteiger partial charge in [-0.05, 0) is 48.8 Å². The van der Waals surface area contributed by atoms with Crippen LogP contribution in [-0.4, -0.2) is 5.11 Å². The van der Waals surface area contributed by atoms with Crippen molar-refractivity contribution in [3.63, 3.8) is 0 Å². The second-order valence-electron chi connectivity index (χ2n) is 2.98. The zero-order valence-electron chi connectivity index (χ0n) is 7.92. The van der Waals surface area contributed by atoms with E-state index in [4.69, 9.17) is 18.0 Å². The van der Waals surface area contributed by atoms with E-state index in [1.165, 1.54) is 11.1 Å². The van der Waals surface area contributed by atoms with E-state index in [2.05, 4.69) is 31.3 Å². The van der Waals surface area contributed by atoms with Gasteiger partial charge in [0.25, 0.3) is 0 Å². The lowest BCUT2D eigenvalue weighted by atomic mass is 10.1. The highest BCUT2D eigenvalue weighted by molar-refractivity contribution is 7.80.